The lowest BCUT2D eigenvalue weighted by Crippen LogP contribution is -2.36. The Hall–Kier alpha value is -2.80. The van der Waals surface area contributed by atoms with Crippen molar-refractivity contribution in [2.24, 2.45) is 0 Å². The van der Waals surface area contributed by atoms with Gasteiger partial charge in [-0.3, -0.25) is 0 Å². The fourth-order valence-electron chi connectivity index (χ4n) is 3.57. The third-order valence-electron chi connectivity index (χ3n) is 5.11. The Morgan fingerprint density at radius 2 is 1.73 bits per heavy atom. The van der Waals surface area contributed by atoms with E-state index in [0.717, 1.165) is 54.5 Å². The van der Waals surface area contributed by atoms with Crippen LogP contribution in [0.1, 0.15) is 0 Å². The van der Waals surface area contributed by atoms with E-state index < -0.39 is 0 Å². The maximum absolute atomic E-state index is 6.54. The lowest BCUT2D eigenvalue weighted by atomic mass is 10.2. The number of anilines is 3. The predicted octanol–water partition coefficient (Wildman–Crippen LogP) is 5.28. The van der Waals surface area contributed by atoms with Crippen molar-refractivity contribution in [3.63, 3.8) is 0 Å². The predicted molar refractivity (Wildman–Crippen MR) is 121 cm³/mol. The Morgan fingerprint density at radius 1 is 0.933 bits per heavy atom. The highest BCUT2D eigenvalue weighted by Crippen LogP contribution is 2.31. The molecule has 6 nitrogen and oxygen atoms in total. The number of hydrogen-bond donors (Lipinski definition) is 1. The van der Waals surface area contributed by atoms with Crippen LogP contribution < -0.4 is 10.2 Å². The number of benzene rings is 2. The summed E-state index contributed by atoms with van der Waals surface area (Å²) in [7, 11) is 0. The van der Waals surface area contributed by atoms with Crippen LogP contribution in [-0.2, 0) is 4.74 Å². The molecule has 0 spiro atoms. The van der Waals surface area contributed by atoms with Gasteiger partial charge in [0.15, 0.2) is 0 Å². The molecule has 1 aliphatic heterocycles. The zero-order valence-corrected chi connectivity index (χ0v) is 17.6. The molecule has 0 atom stereocenters. The number of fused-ring (bicyclic) bond motifs is 1. The summed E-state index contributed by atoms with van der Waals surface area (Å²) < 4.78 is 7.21. The Bertz CT molecular complexity index is 1190. The molecule has 0 amide bonds. The molecule has 0 aliphatic carbocycles. The fourth-order valence-corrected chi connectivity index (χ4v) is 4.02. The Labute approximate surface area is 184 Å². The number of hydrogen-bond acceptors (Lipinski definition) is 5. The highest BCUT2D eigenvalue weighted by atomic mass is 35.5. The standard InChI is InChI=1S/C22H19Cl2N5O/c23-17-12-16(28-8-10-30-11-9-28)6-7-19(17)26-22-25-14-21-18(24)13-20(29(21)27-22)15-4-2-1-3-5-15/h1-7,12-14H,8-11H2,(H,26,27). The lowest BCUT2D eigenvalue weighted by Gasteiger charge is -2.29. The van der Waals surface area contributed by atoms with Gasteiger partial charge in [-0.1, -0.05) is 53.5 Å². The topological polar surface area (TPSA) is 54.7 Å². The number of rotatable bonds is 4. The van der Waals surface area contributed by atoms with E-state index in [1.54, 1.807) is 10.7 Å². The molecular weight excluding hydrogens is 421 g/mol. The molecule has 2 aromatic carbocycles. The molecule has 2 aromatic heterocycles. The highest BCUT2D eigenvalue weighted by molar-refractivity contribution is 6.34. The number of ether oxygens (including phenoxy) is 1. The van der Waals surface area contributed by atoms with Crippen molar-refractivity contribution in [3.8, 4) is 11.3 Å². The van der Waals surface area contributed by atoms with E-state index in [-0.39, 0.29) is 0 Å². The Morgan fingerprint density at radius 3 is 2.50 bits per heavy atom. The molecule has 1 N–H and O–H groups in total. The summed E-state index contributed by atoms with van der Waals surface area (Å²) >= 11 is 12.9. The second-order valence-corrected chi connectivity index (χ2v) is 7.83. The maximum Gasteiger partial charge on any atom is 0.245 e. The molecular formula is C22H19Cl2N5O. The van der Waals surface area contributed by atoms with Gasteiger partial charge in [0.2, 0.25) is 5.95 Å². The zero-order valence-electron chi connectivity index (χ0n) is 16.1. The van der Waals surface area contributed by atoms with Gasteiger partial charge in [0, 0.05) is 24.3 Å². The van der Waals surface area contributed by atoms with Crippen LogP contribution in [0.15, 0.2) is 60.8 Å². The summed E-state index contributed by atoms with van der Waals surface area (Å²) in [5, 5.41) is 9.08. The smallest absolute Gasteiger partial charge is 0.245 e. The second kappa shape index (κ2) is 8.14. The van der Waals surface area contributed by atoms with E-state index in [1.165, 1.54) is 0 Å². The quantitative estimate of drug-likeness (QED) is 0.468. The van der Waals surface area contributed by atoms with Crippen molar-refractivity contribution in [3.05, 3.63) is 70.8 Å². The molecule has 1 aliphatic rings. The lowest BCUT2D eigenvalue weighted by molar-refractivity contribution is 0.122. The molecule has 1 fully saturated rings. The minimum Gasteiger partial charge on any atom is -0.378 e. The zero-order chi connectivity index (χ0) is 20.5. The molecule has 3 heterocycles. The highest BCUT2D eigenvalue weighted by Gasteiger charge is 2.15. The third kappa shape index (κ3) is 3.69. The van der Waals surface area contributed by atoms with Crippen LogP contribution in [0.25, 0.3) is 16.8 Å². The summed E-state index contributed by atoms with van der Waals surface area (Å²) in [6.45, 7) is 3.18. The largest absolute Gasteiger partial charge is 0.378 e. The van der Waals surface area contributed by atoms with Crippen molar-refractivity contribution < 1.29 is 4.74 Å². The van der Waals surface area contributed by atoms with E-state index in [1.807, 2.05) is 54.6 Å². The first-order valence-corrected chi connectivity index (χ1v) is 10.4. The SMILES string of the molecule is Clc1cc(N2CCOCC2)ccc1Nc1ncc2c(Cl)cc(-c3ccccc3)n2n1. The number of aromatic nitrogens is 3. The van der Waals surface area contributed by atoms with E-state index in [2.05, 4.69) is 20.3 Å². The van der Waals surface area contributed by atoms with Crippen LogP contribution >= 0.6 is 23.2 Å². The summed E-state index contributed by atoms with van der Waals surface area (Å²) in [5.74, 6) is 0.438. The van der Waals surface area contributed by atoms with Crippen molar-refractivity contribution in [1.29, 1.82) is 0 Å². The minimum absolute atomic E-state index is 0.438. The summed E-state index contributed by atoms with van der Waals surface area (Å²) in [6, 6.07) is 17.8. The number of halogens is 2. The third-order valence-corrected chi connectivity index (χ3v) is 5.73. The van der Waals surface area contributed by atoms with Gasteiger partial charge in [0.1, 0.15) is 5.52 Å². The van der Waals surface area contributed by atoms with Crippen LogP contribution in [0, 0.1) is 0 Å². The number of nitrogens with one attached hydrogen (secondary N) is 1. The van der Waals surface area contributed by atoms with E-state index >= 15 is 0 Å². The van der Waals surface area contributed by atoms with Gasteiger partial charge in [-0.25, -0.2) is 9.50 Å². The number of nitrogens with zero attached hydrogens (tertiary/aromatic N) is 4. The van der Waals surface area contributed by atoms with Gasteiger partial charge in [-0.2, -0.15) is 0 Å². The van der Waals surface area contributed by atoms with Crippen molar-refractivity contribution in [1.82, 2.24) is 14.6 Å². The monoisotopic (exact) mass is 439 g/mol. The van der Waals surface area contributed by atoms with Gasteiger partial charge in [-0.15, -0.1) is 5.10 Å². The molecule has 152 valence electrons. The first-order chi connectivity index (χ1) is 14.7. The average Bonchev–Trinajstić information content (AvgIpc) is 3.12. The first-order valence-electron chi connectivity index (χ1n) is 9.68. The van der Waals surface area contributed by atoms with Crippen LogP contribution in [0.5, 0.6) is 0 Å². The van der Waals surface area contributed by atoms with Gasteiger partial charge < -0.3 is 15.0 Å². The van der Waals surface area contributed by atoms with Crippen molar-refractivity contribution >= 4 is 46.0 Å². The average molecular weight is 440 g/mol. The molecule has 0 radical (unpaired) electrons. The van der Waals surface area contributed by atoms with Crippen LogP contribution in [0.3, 0.4) is 0 Å². The van der Waals surface area contributed by atoms with Crippen LogP contribution in [0.4, 0.5) is 17.3 Å². The van der Waals surface area contributed by atoms with E-state index in [0.29, 0.717) is 16.0 Å². The normalized spacial score (nSPS) is 14.3. The number of morpholine rings is 1. The summed E-state index contributed by atoms with van der Waals surface area (Å²) in [4.78, 5) is 6.67. The van der Waals surface area contributed by atoms with Gasteiger partial charge in [0.05, 0.1) is 40.8 Å². The Kier molecular flexibility index (Phi) is 5.21. The molecule has 1 saturated heterocycles. The molecule has 0 unspecified atom stereocenters. The molecule has 4 aromatic rings. The summed E-state index contributed by atoms with van der Waals surface area (Å²) in [5.41, 5.74) is 4.49. The second-order valence-electron chi connectivity index (χ2n) is 7.01. The molecule has 0 bridgehead atoms. The van der Waals surface area contributed by atoms with Crippen molar-refractivity contribution in [2.45, 2.75) is 0 Å². The minimum atomic E-state index is 0.438. The molecule has 30 heavy (non-hydrogen) atoms. The van der Waals surface area contributed by atoms with E-state index in [9.17, 15) is 0 Å². The molecule has 0 saturated carbocycles. The van der Waals surface area contributed by atoms with E-state index in [4.69, 9.17) is 27.9 Å². The first kappa shape index (κ1) is 19.2. The van der Waals surface area contributed by atoms with Gasteiger partial charge in [0.25, 0.3) is 0 Å². The maximum atomic E-state index is 6.54. The molecule has 5 rings (SSSR count). The van der Waals surface area contributed by atoms with Gasteiger partial charge in [-0.05, 0) is 24.3 Å². The van der Waals surface area contributed by atoms with Crippen molar-refractivity contribution in [2.75, 3.05) is 36.5 Å². The fraction of sp³-hybridized carbons (Fsp3) is 0.182. The molecule has 8 heteroatoms. The van der Waals surface area contributed by atoms with Gasteiger partial charge >= 0.3 is 0 Å². The van der Waals surface area contributed by atoms with Crippen LogP contribution in [0.2, 0.25) is 10.0 Å². The van der Waals surface area contributed by atoms with Crippen LogP contribution in [-0.4, -0.2) is 40.9 Å². The Balaban J connectivity index is 1.45. The summed E-state index contributed by atoms with van der Waals surface area (Å²) in [6.07, 6.45) is 1.71.